The highest BCUT2D eigenvalue weighted by Crippen LogP contribution is 2.29. The van der Waals surface area contributed by atoms with Gasteiger partial charge in [0, 0.05) is 5.69 Å². The van der Waals surface area contributed by atoms with Gasteiger partial charge in [0.1, 0.15) is 0 Å². The zero-order chi connectivity index (χ0) is 10.7. The first-order valence-electron chi connectivity index (χ1n) is 5.39. The number of hydrogen-bond donors (Lipinski definition) is 2. The van der Waals surface area contributed by atoms with Crippen LogP contribution in [0, 0.1) is 5.92 Å². The molecule has 4 heteroatoms. The van der Waals surface area contributed by atoms with Crippen molar-refractivity contribution in [2.24, 2.45) is 11.7 Å². The van der Waals surface area contributed by atoms with E-state index in [1.807, 2.05) is 30.3 Å². The van der Waals surface area contributed by atoms with Crippen LogP contribution in [0.25, 0.3) is 0 Å². The standard InChI is InChI=1S/C12H16N2O.ClH/c13-11(9-5-4-6-9)12(15)14-10-7-2-1-3-8-10;/h1-3,7-9,11H,4-6,13H2,(H,14,15);1H/t11-;/m1./s1. The Kier molecular flexibility index (Phi) is 4.77. The van der Waals surface area contributed by atoms with Gasteiger partial charge in [0.2, 0.25) is 5.91 Å². The van der Waals surface area contributed by atoms with Gasteiger partial charge in [0.05, 0.1) is 6.04 Å². The van der Waals surface area contributed by atoms with Gasteiger partial charge in [-0.05, 0) is 30.9 Å². The normalized spacial score (nSPS) is 16.8. The SMILES string of the molecule is Cl.N[C@@H](C(=O)Nc1ccccc1)C1CCC1. The van der Waals surface area contributed by atoms with Crippen LogP contribution >= 0.6 is 12.4 Å². The molecule has 0 heterocycles. The van der Waals surface area contributed by atoms with Crippen LogP contribution < -0.4 is 11.1 Å². The molecule has 1 aromatic rings. The Balaban J connectivity index is 0.00000128. The topological polar surface area (TPSA) is 55.1 Å². The summed E-state index contributed by atoms with van der Waals surface area (Å²) in [6.45, 7) is 0. The Hall–Kier alpha value is -1.06. The molecule has 1 fully saturated rings. The second kappa shape index (κ2) is 5.87. The van der Waals surface area contributed by atoms with E-state index in [0.29, 0.717) is 5.92 Å². The lowest BCUT2D eigenvalue weighted by molar-refractivity contribution is -0.119. The van der Waals surface area contributed by atoms with E-state index in [1.165, 1.54) is 6.42 Å². The van der Waals surface area contributed by atoms with Crippen molar-refractivity contribution < 1.29 is 4.79 Å². The average molecular weight is 241 g/mol. The molecular weight excluding hydrogens is 224 g/mol. The third-order valence-electron chi connectivity index (χ3n) is 3.00. The smallest absolute Gasteiger partial charge is 0.241 e. The van der Waals surface area contributed by atoms with Crippen LogP contribution in [0.4, 0.5) is 5.69 Å². The van der Waals surface area contributed by atoms with Gasteiger partial charge in [-0.25, -0.2) is 0 Å². The highest BCUT2D eigenvalue weighted by Gasteiger charge is 2.29. The van der Waals surface area contributed by atoms with Crippen molar-refractivity contribution in [1.82, 2.24) is 0 Å². The molecule has 0 spiro atoms. The zero-order valence-corrected chi connectivity index (χ0v) is 9.87. The molecule has 1 aliphatic carbocycles. The molecule has 0 bridgehead atoms. The number of nitrogens with one attached hydrogen (secondary N) is 1. The quantitative estimate of drug-likeness (QED) is 0.851. The van der Waals surface area contributed by atoms with E-state index in [-0.39, 0.29) is 24.4 Å². The van der Waals surface area contributed by atoms with Crippen molar-refractivity contribution >= 4 is 24.0 Å². The monoisotopic (exact) mass is 240 g/mol. The molecule has 0 unspecified atom stereocenters. The van der Waals surface area contributed by atoms with Crippen LogP contribution in [0.2, 0.25) is 0 Å². The number of amides is 1. The van der Waals surface area contributed by atoms with Crippen LogP contribution in [0.3, 0.4) is 0 Å². The van der Waals surface area contributed by atoms with E-state index in [4.69, 9.17) is 5.73 Å². The van der Waals surface area contributed by atoms with Gasteiger partial charge in [-0.1, -0.05) is 24.6 Å². The van der Waals surface area contributed by atoms with Gasteiger partial charge in [-0.15, -0.1) is 12.4 Å². The zero-order valence-electron chi connectivity index (χ0n) is 9.06. The minimum Gasteiger partial charge on any atom is -0.325 e. The van der Waals surface area contributed by atoms with E-state index >= 15 is 0 Å². The molecular formula is C12H17ClN2O. The summed E-state index contributed by atoms with van der Waals surface area (Å²) in [6.07, 6.45) is 3.38. The molecule has 1 aromatic carbocycles. The number of carbonyl (C=O) groups excluding carboxylic acids is 1. The Morgan fingerprint density at radius 1 is 1.31 bits per heavy atom. The van der Waals surface area contributed by atoms with Crippen LogP contribution in [0.15, 0.2) is 30.3 Å². The molecule has 0 saturated heterocycles. The molecule has 1 aliphatic rings. The van der Waals surface area contributed by atoms with E-state index < -0.39 is 0 Å². The Morgan fingerprint density at radius 2 is 1.94 bits per heavy atom. The van der Waals surface area contributed by atoms with Crippen LogP contribution in [-0.2, 0) is 4.79 Å². The largest absolute Gasteiger partial charge is 0.325 e. The second-order valence-electron chi connectivity index (χ2n) is 4.07. The van der Waals surface area contributed by atoms with Crippen molar-refractivity contribution in [1.29, 1.82) is 0 Å². The number of anilines is 1. The van der Waals surface area contributed by atoms with Gasteiger partial charge in [0.25, 0.3) is 0 Å². The fourth-order valence-corrected chi connectivity index (χ4v) is 1.76. The number of nitrogens with two attached hydrogens (primary N) is 1. The van der Waals surface area contributed by atoms with Gasteiger partial charge in [0.15, 0.2) is 0 Å². The number of rotatable bonds is 3. The molecule has 2 rings (SSSR count). The molecule has 1 amide bonds. The first kappa shape index (κ1) is 13.0. The molecule has 88 valence electrons. The van der Waals surface area contributed by atoms with E-state index in [0.717, 1.165) is 18.5 Å². The number of halogens is 1. The second-order valence-corrected chi connectivity index (χ2v) is 4.07. The predicted octanol–water partition coefficient (Wildman–Crippen LogP) is 2.17. The lowest BCUT2D eigenvalue weighted by Gasteiger charge is -2.30. The lowest BCUT2D eigenvalue weighted by atomic mass is 9.80. The summed E-state index contributed by atoms with van der Waals surface area (Å²) in [7, 11) is 0. The maximum Gasteiger partial charge on any atom is 0.241 e. The number of carbonyl (C=O) groups is 1. The summed E-state index contributed by atoms with van der Waals surface area (Å²) in [4.78, 5) is 11.7. The van der Waals surface area contributed by atoms with Crippen molar-refractivity contribution in [3.05, 3.63) is 30.3 Å². The molecule has 1 atom stereocenters. The number of para-hydroxylation sites is 1. The maximum atomic E-state index is 11.7. The minimum absolute atomic E-state index is 0. The number of benzene rings is 1. The highest BCUT2D eigenvalue weighted by atomic mass is 35.5. The van der Waals surface area contributed by atoms with Crippen LogP contribution in [-0.4, -0.2) is 11.9 Å². The third-order valence-corrected chi connectivity index (χ3v) is 3.00. The summed E-state index contributed by atoms with van der Waals surface area (Å²) in [5.41, 5.74) is 6.68. The maximum absolute atomic E-state index is 11.7. The predicted molar refractivity (Wildman–Crippen MR) is 67.6 cm³/mol. The van der Waals surface area contributed by atoms with Crippen molar-refractivity contribution in [2.45, 2.75) is 25.3 Å². The minimum atomic E-state index is -0.348. The molecule has 16 heavy (non-hydrogen) atoms. The third kappa shape index (κ3) is 2.97. The van der Waals surface area contributed by atoms with Gasteiger partial charge in [-0.3, -0.25) is 4.79 Å². The van der Waals surface area contributed by atoms with Crippen molar-refractivity contribution in [3.63, 3.8) is 0 Å². The average Bonchev–Trinajstić information content (AvgIpc) is 2.16. The molecule has 0 radical (unpaired) electrons. The summed E-state index contributed by atoms with van der Waals surface area (Å²) in [5.74, 6) is 0.319. The van der Waals surface area contributed by atoms with Crippen molar-refractivity contribution in [3.8, 4) is 0 Å². The summed E-state index contributed by atoms with van der Waals surface area (Å²) >= 11 is 0. The molecule has 0 aliphatic heterocycles. The van der Waals surface area contributed by atoms with Crippen LogP contribution in [0.1, 0.15) is 19.3 Å². The lowest BCUT2D eigenvalue weighted by Crippen LogP contribution is -2.44. The summed E-state index contributed by atoms with van der Waals surface area (Å²) in [5, 5.41) is 2.83. The summed E-state index contributed by atoms with van der Waals surface area (Å²) < 4.78 is 0. The fraction of sp³-hybridized carbons (Fsp3) is 0.417. The highest BCUT2D eigenvalue weighted by molar-refractivity contribution is 5.94. The summed E-state index contributed by atoms with van der Waals surface area (Å²) in [6, 6.07) is 9.09. The Morgan fingerprint density at radius 3 is 2.44 bits per heavy atom. The fourth-order valence-electron chi connectivity index (χ4n) is 1.76. The molecule has 3 nitrogen and oxygen atoms in total. The van der Waals surface area contributed by atoms with E-state index in [9.17, 15) is 4.79 Å². The number of hydrogen-bond acceptors (Lipinski definition) is 2. The molecule has 0 aromatic heterocycles. The van der Waals surface area contributed by atoms with Crippen molar-refractivity contribution in [2.75, 3.05) is 5.32 Å². The van der Waals surface area contributed by atoms with Gasteiger partial charge >= 0.3 is 0 Å². The van der Waals surface area contributed by atoms with Gasteiger partial charge < -0.3 is 11.1 Å². The molecule has 1 saturated carbocycles. The van der Waals surface area contributed by atoms with Crippen LogP contribution in [0.5, 0.6) is 0 Å². The van der Waals surface area contributed by atoms with Gasteiger partial charge in [-0.2, -0.15) is 0 Å². The first-order chi connectivity index (χ1) is 7.27. The molecule has 3 N–H and O–H groups in total. The Bertz CT molecular complexity index is 338. The van der Waals surface area contributed by atoms with E-state index in [2.05, 4.69) is 5.32 Å². The Labute approximate surface area is 102 Å². The first-order valence-corrected chi connectivity index (χ1v) is 5.39. The van der Waals surface area contributed by atoms with E-state index in [1.54, 1.807) is 0 Å².